The number of fused-ring (bicyclic) bond motifs is 1. The lowest BCUT2D eigenvalue weighted by Gasteiger charge is -2.13. The maximum Gasteiger partial charge on any atom is 0.262 e. The van der Waals surface area contributed by atoms with Gasteiger partial charge in [-0.15, -0.1) is 11.8 Å². The summed E-state index contributed by atoms with van der Waals surface area (Å²) >= 11 is 1.47. The van der Waals surface area contributed by atoms with E-state index in [9.17, 15) is 13.2 Å². The summed E-state index contributed by atoms with van der Waals surface area (Å²) in [6.07, 6.45) is 0.738. The highest BCUT2D eigenvalue weighted by atomic mass is 32.2. The molecule has 0 saturated carbocycles. The molecule has 1 aliphatic rings. The van der Waals surface area contributed by atoms with E-state index in [2.05, 4.69) is 10.0 Å². The molecular formula is C24H24N2O5S2. The van der Waals surface area contributed by atoms with E-state index in [1.165, 1.54) is 23.9 Å². The van der Waals surface area contributed by atoms with Crippen molar-refractivity contribution in [2.24, 2.45) is 0 Å². The van der Waals surface area contributed by atoms with Crippen molar-refractivity contribution >= 4 is 39.1 Å². The van der Waals surface area contributed by atoms with Crippen molar-refractivity contribution in [2.45, 2.75) is 28.4 Å². The van der Waals surface area contributed by atoms with E-state index in [0.717, 1.165) is 11.3 Å². The van der Waals surface area contributed by atoms with Gasteiger partial charge in [0.25, 0.3) is 10.0 Å². The first-order valence-electron chi connectivity index (χ1n) is 10.5. The highest BCUT2D eigenvalue weighted by Gasteiger charge is 2.19. The average Bonchev–Trinajstić information content (AvgIpc) is 3.06. The second kappa shape index (κ2) is 10.2. The molecule has 0 aliphatic carbocycles. The molecule has 7 nitrogen and oxygen atoms in total. The predicted octanol–water partition coefficient (Wildman–Crippen LogP) is 4.77. The highest BCUT2D eigenvalue weighted by molar-refractivity contribution is 8.00. The van der Waals surface area contributed by atoms with Gasteiger partial charge in [-0.1, -0.05) is 18.2 Å². The zero-order valence-electron chi connectivity index (χ0n) is 18.0. The molecule has 0 spiro atoms. The van der Waals surface area contributed by atoms with E-state index in [-0.39, 0.29) is 16.1 Å². The Morgan fingerprint density at radius 3 is 2.30 bits per heavy atom. The van der Waals surface area contributed by atoms with E-state index in [4.69, 9.17) is 9.47 Å². The highest BCUT2D eigenvalue weighted by Crippen LogP contribution is 2.32. The van der Waals surface area contributed by atoms with Crippen LogP contribution in [0.25, 0.3) is 0 Å². The molecule has 1 aliphatic heterocycles. The van der Waals surface area contributed by atoms with Gasteiger partial charge in [-0.3, -0.25) is 9.52 Å². The van der Waals surface area contributed by atoms with Gasteiger partial charge in [0.2, 0.25) is 5.91 Å². The number of thioether (sulfide) groups is 1. The van der Waals surface area contributed by atoms with Crippen molar-refractivity contribution in [3.63, 3.8) is 0 Å². The number of benzene rings is 3. The monoisotopic (exact) mass is 484 g/mol. The van der Waals surface area contributed by atoms with Gasteiger partial charge in [0.1, 0.15) is 0 Å². The van der Waals surface area contributed by atoms with E-state index < -0.39 is 10.0 Å². The number of rotatable bonds is 7. The van der Waals surface area contributed by atoms with Crippen molar-refractivity contribution in [2.75, 3.05) is 23.3 Å². The van der Waals surface area contributed by atoms with Crippen molar-refractivity contribution in [1.82, 2.24) is 0 Å². The van der Waals surface area contributed by atoms with Crippen LogP contribution >= 0.6 is 11.8 Å². The van der Waals surface area contributed by atoms with Crippen molar-refractivity contribution < 1.29 is 22.7 Å². The lowest BCUT2D eigenvalue weighted by molar-refractivity contribution is -0.115. The first-order valence-corrected chi connectivity index (χ1v) is 12.8. The molecule has 2 N–H and O–H groups in total. The Kier molecular flexibility index (Phi) is 7.10. The zero-order chi connectivity index (χ0) is 23.3. The van der Waals surface area contributed by atoms with Gasteiger partial charge in [0.15, 0.2) is 11.5 Å². The van der Waals surface area contributed by atoms with Crippen LogP contribution in [0.5, 0.6) is 11.5 Å². The maximum atomic E-state index is 12.8. The quantitative estimate of drug-likeness (QED) is 0.469. The van der Waals surface area contributed by atoms with Crippen LogP contribution in [0.15, 0.2) is 82.6 Å². The van der Waals surface area contributed by atoms with Gasteiger partial charge in [-0.25, -0.2) is 8.42 Å². The number of nitrogens with one attached hydrogen (secondary N) is 2. The number of carbonyl (C=O) groups is 1. The van der Waals surface area contributed by atoms with E-state index in [1.807, 2.05) is 37.3 Å². The molecule has 172 valence electrons. The molecule has 0 fully saturated rings. The molecule has 9 heteroatoms. The van der Waals surface area contributed by atoms with Crippen molar-refractivity contribution in [1.29, 1.82) is 0 Å². The molecule has 0 saturated heterocycles. The van der Waals surface area contributed by atoms with Crippen LogP contribution < -0.4 is 19.5 Å². The van der Waals surface area contributed by atoms with Crippen molar-refractivity contribution in [3.05, 3.63) is 72.8 Å². The summed E-state index contributed by atoms with van der Waals surface area (Å²) in [4.78, 5) is 13.6. The Morgan fingerprint density at radius 1 is 0.909 bits per heavy atom. The average molecular weight is 485 g/mol. The number of hydrogen-bond acceptors (Lipinski definition) is 6. The lowest BCUT2D eigenvalue weighted by Crippen LogP contribution is -2.22. The second-order valence-corrected chi connectivity index (χ2v) is 10.5. The number of ether oxygens (including phenoxy) is 2. The third-order valence-corrected chi connectivity index (χ3v) is 7.35. The minimum absolute atomic E-state index is 0.0795. The van der Waals surface area contributed by atoms with Crippen LogP contribution in [-0.2, 0) is 14.8 Å². The summed E-state index contributed by atoms with van der Waals surface area (Å²) in [5.74, 6) is 0.812. The van der Waals surface area contributed by atoms with Crippen molar-refractivity contribution in [3.8, 4) is 11.5 Å². The summed E-state index contributed by atoms with van der Waals surface area (Å²) in [7, 11) is -3.82. The maximum absolute atomic E-state index is 12.8. The summed E-state index contributed by atoms with van der Waals surface area (Å²) in [5, 5.41) is 2.57. The molecule has 33 heavy (non-hydrogen) atoms. The number of hydrogen-bond donors (Lipinski definition) is 2. The molecule has 0 radical (unpaired) electrons. The number of sulfonamides is 1. The molecule has 1 atom stereocenters. The van der Waals surface area contributed by atoms with Crippen LogP contribution in [0.4, 0.5) is 11.4 Å². The third kappa shape index (κ3) is 6.00. The second-order valence-electron chi connectivity index (χ2n) is 7.40. The molecule has 3 aromatic carbocycles. The topological polar surface area (TPSA) is 93.7 Å². The Bertz CT molecular complexity index is 1220. The van der Waals surface area contributed by atoms with Gasteiger partial charge in [0, 0.05) is 28.8 Å². The molecular weight excluding hydrogens is 460 g/mol. The molecule has 4 rings (SSSR count). The minimum atomic E-state index is -3.82. The third-order valence-electron chi connectivity index (χ3n) is 4.86. The molecule has 0 bridgehead atoms. The largest absolute Gasteiger partial charge is 0.490 e. The Labute approximate surface area is 197 Å². The smallest absolute Gasteiger partial charge is 0.262 e. The number of anilines is 2. The predicted molar refractivity (Wildman–Crippen MR) is 130 cm³/mol. The fraction of sp³-hybridized carbons (Fsp3) is 0.208. The minimum Gasteiger partial charge on any atom is -0.490 e. The molecule has 3 aromatic rings. The van der Waals surface area contributed by atoms with Gasteiger partial charge < -0.3 is 14.8 Å². The number of amides is 1. The van der Waals surface area contributed by atoms with Gasteiger partial charge in [0.05, 0.1) is 23.4 Å². The number of carbonyl (C=O) groups excluding carboxylic acids is 1. The normalized spacial score (nSPS) is 14.1. The van der Waals surface area contributed by atoms with Crippen LogP contribution in [-0.4, -0.2) is 32.8 Å². The van der Waals surface area contributed by atoms with Gasteiger partial charge in [-0.05, 0) is 55.5 Å². The SMILES string of the molecule is CC(Sc1ccccc1)C(=O)Nc1ccc(NS(=O)(=O)c2ccc3c(c2)OCCCO3)cc1. The Morgan fingerprint density at radius 2 is 1.58 bits per heavy atom. The van der Waals surface area contributed by atoms with E-state index >= 15 is 0 Å². The van der Waals surface area contributed by atoms with Crippen LogP contribution in [0.2, 0.25) is 0 Å². The first kappa shape index (κ1) is 23.0. The molecule has 1 heterocycles. The summed E-state index contributed by atoms with van der Waals surface area (Å²) in [6, 6.07) is 20.8. The molecule has 1 amide bonds. The first-order chi connectivity index (χ1) is 15.9. The summed E-state index contributed by atoms with van der Waals surface area (Å²) in [5.41, 5.74) is 0.964. The van der Waals surface area contributed by atoms with Gasteiger partial charge in [-0.2, -0.15) is 0 Å². The summed E-state index contributed by atoms with van der Waals surface area (Å²) in [6.45, 7) is 2.84. The Hall–Kier alpha value is -3.17. The van der Waals surface area contributed by atoms with Gasteiger partial charge >= 0.3 is 0 Å². The molecule has 1 unspecified atom stereocenters. The standard InChI is InChI=1S/C24H24N2O5S2/c1-17(32-20-6-3-2-4-7-20)24(27)25-18-8-10-19(11-9-18)26-33(28,29)21-12-13-22-23(16-21)31-15-5-14-30-22/h2-4,6-13,16-17,26H,5,14-15H2,1H3,(H,25,27). The Balaban J connectivity index is 1.39. The van der Waals surface area contributed by atoms with E-state index in [0.29, 0.717) is 36.1 Å². The summed E-state index contributed by atoms with van der Waals surface area (Å²) < 4.78 is 39.3. The lowest BCUT2D eigenvalue weighted by atomic mass is 10.3. The van der Waals surface area contributed by atoms with Crippen LogP contribution in [0.1, 0.15) is 13.3 Å². The zero-order valence-corrected chi connectivity index (χ0v) is 19.6. The van der Waals surface area contributed by atoms with Crippen LogP contribution in [0, 0.1) is 0 Å². The van der Waals surface area contributed by atoms with E-state index in [1.54, 1.807) is 30.3 Å². The van der Waals surface area contributed by atoms with Crippen LogP contribution in [0.3, 0.4) is 0 Å². The fourth-order valence-corrected chi connectivity index (χ4v) is 5.11. The molecule has 0 aromatic heterocycles. The fourth-order valence-electron chi connectivity index (χ4n) is 3.15.